The molecule has 2 unspecified atom stereocenters. The third kappa shape index (κ3) is 3.01. The average Bonchev–Trinajstić information content (AvgIpc) is 2.89. The molecule has 1 N–H and O–H groups in total. The van der Waals surface area contributed by atoms with Gasteiger partial charge in [0, 0.05) is 5.56 Å². The van der Waals surface area contributed by atoms with E-state index in [-0.39, 0.29) is 5.92 Å². The van der Waals surface area contributed by atoms with Crippen molar-refractivity contribution in [1.82, 2.24) is 10.1 Å². The van der Waals surface area contributed by atoms with E-state index < -0.39 is 6.10 Å². The smallest absolute Gasteiger partial charge is 0.232 e. The summed E-state index contributed by atoms with van der Waals surface area (Å²) >= 11 is 0. The van der Waals surface area contributed by atoms with Gasteiger partial charge in [-0.1, -0.05) is 43.3 Å². The van der Waals surface area contributed by atoms with E-state index in [0.29, 0.717) is 11.7 Å². The van der Waals surface area contributed by atoms with Gasteiger partial charge in [0.1, 0.15) is 0 Å². The van der Waals surface area contributed by atoms with E-state index in [1.807, 2.05) is 19.1 Å². The van der Waals surface area contributed by atoms with E-state index in [4.69, 9.17) is 4.52 Å². The zero-order valence-electron chi connectivity index (χ0n) is 11.6. The molecule has 0 fully saturated rings. The molecule has 2 rings (SSSR count). The number of aliphatic hydroxyl groups is 1. The Morgan fingerprint density at radius 2 is 1.89 bits per heavy atom. The predicted octanol–water partition coefficient (Wildman–Crippen LogP) is 3.17. The number of hydrogen-bond acceptors (Lipinski definition) is 4. The molecule has 2 aromatic rings. The lowest BCUT2D eigenvalue weighted by Gasteiger charge is -2.12. The molecule has 102 valence electrons. The molecule has 4 heteroatoms. The molecule has 0 aliphatic carbocycles. The Morgan fingerprint density at radius 3 is 2.42 bits per heavy atom. The Labute approximate surface area is 113 Å². The van der Waals surface area contributed by atoms with Crippen LogP contribution in [0.1, 0.15) is 44.6 Å². The minimum Gasteiger partial charge on any atom is -0.393 e. The summed E-state index contributed by atoms with van der Waals surface area (Å²) in [6.45, 7) is 5.86. The fraction of sp³-hybridized carbons (Fsp3) is 0.467. The Hall–Kier alpha value is -1.68. The summed E-state index contributed by atoms with van der Waals surface area (Å²) in [6, 6.07) is 8.13. The fourth-order valence-corrected chi connectivity index (χ4v) is 2.11. The molecular formula is C15H20N2O2. The van der Waals surface area contributed by atoms with E-state index in [2.05, 4.69) is 29.2 Å². The molecule has 1 aromatic heterocycles. The van der Waals surface area contributed by atoms with Crippen LogP contribution >= 0.6 is 0 Å². The Bertz CT molecular complexity index is 517. The molecule has 0 amide bonds. The maximum Gasteiger partial charge on any atom is 0.232 e. The van der Waals surface area contributed by atoms with Gasteiger partial charge in [-0.25, -0.2) is 0 Å². The van der Waals surface area contributed by atoms with Crippen LogP contribution in [-0.4, -0.2) is 21.4 Å². The maximum atomic E-state index is 9.69. The summed E-state index contributed by atoms with van der Waals surface area (Å²) in [6.07, 6.45) is 1.30. The molecular weight excluding hydrogens is 240 g/mol. The first-order valence-corrected chi connectivity index (χ1v) is 6.76. The fourth-order valence-electron chi connectivity index (χ4n) is 2.11. The molecule has 1 heterocycles. The summed E-state index contributed by atoms with van der Waals surface area (Å²) in [4.78, 5) is 4.39. The van der Waals surface area contributed by atoms with Crippen molar-refractivity contribution >= 4 is 0 Å². The zero-order chi connectivity index (χ0) is 13.8. The molecule has 0 bridgehead atoms. The summed E-state index contributed by atoms with van der Waals surface area (Å²) in [5.74, 6) is 0.986. The number of aryl methyl sites for hydroxylation is 1. The highest BCUT2D eigenvalue weighted by atomic mass is 16.5. The first kappa shape index (κ1) is 13.7. The second-order valence-electron chi connectivity index (χ2n) is 4.76. The highest BCUT2D eigenvalue weighted by molar-refractivity contribution is 5.54. The second-order valence-corrected chi connectivity index (χ2v) is 4.76. The van der Waals surface area contributed by atoms with E-state index in [0.717, 1.165) is 18.4 Å². The minimum atomic E-state index is -0.485. The monoisotopic (exact) mass is 260 g/mol. The Kier molecular flexibility index (Phi) is 4.32. The number of hydrogen-bond donors (Lipinski definition) is 1. The molecule has 0 saturated carbocycles. The number of benzene rings is 1. The van der Waals surface area contributed by atoms with Gasteiger partial charge in [0.05, 0.1) is 12.0 Å². The summed E-state index contributed by atoms with van der Waals surface area (Å²) in [7, 11) is 0. The van der Waals surface area contributed by atoms with Crippen molar-refractivity contribution in [2.45, 2.75) is 45.6 Å². The first-order valence-electron chi connectivity index (χ1n) is 6.76. The summed E-state index contributed by atoms with van der Waals surface area (Å²) in [5, 5.41) is 13.7. The van der Waals surface area contributed by atoms with Crippen LogP contribution in [0.5, 0.6) is 0 Å². The number of aliphatic hydroxyl groups excluding tert-OH is 1. The van der Waals surface area contributed by atoms with Crippen LogP contribution in [0.25, 0.3) is 11.4 Å². The van der Waals surface area contributed by atoms with Gasteiger partial charge in [-0.2, -0.15) is 4.98 Å². The first-order chi connectivity index (χ1) is 9.15. The van der Waals surface area contributed by atoms with Crippen LogP contribution < -0.4 is 0 Å². The van der Waals surface area contributed by atoms with E-state index in [9.17, 15) is 5.11 Å². The van der Waals surface area contributed by atoms with Crippen molar-refractivity contribution in [3.8, 4) is 11.4 Å². The minimum absolute atomic E-state index is 0.101. The van der Waals surface area contributed by atoms with Crippen molar-refractivity contribution in [2.75, 3.05) is 0 Å². The lowest BCUT2D eigenvalue weighted by Crippen LogP contribution is -2.13. The Balaban J connectivity index is 2.24. The molecule has 19 heavy (non-hydrogen) atoms. The highest BCUT2D eigenvalue weighted by Crippen LogP contribution is 2.24. The second kappa shape index (κ2) is 5.97. The van der Waals surface area contributed by atoms with Gasteiger partial charge in [0.15, 0.2) is 0 Å². The van der Waals surface area contributed by atoms with E-state index >= 15 is 0 Å². The molecule has 0 spiro atoms. The van der Waals surface area contributed by atoms with Crippen LogP contribution in [0.15, 0.2) is 28.8 Å². The van der Waals surface area contributed by atoms with Crippen molar-refractivity contribution < 1.29 is 9.63 Å². The third-order valence-corrected chi connectivity index (χ3v) is 3.40. The quantitative estimate of drug-likeness (QED) is 0.897. The van der Waals surface area contributed by atoms with Crippen LogP contribution in [-0.2, 0) is 6.42 Å². The Morgan fingerprint density at radius 1 is 1.21 bits per heavy atom. The van der Waals surface area contributed by atoms with Gasteiger partial charge >= 0.3 is 0 Å². The molecule has 1 aromatic carbocycles. The van der Waals surface area contributed by atoms with Gasteiger partial charge < -0.3 is 9.63 Å². The van der Waals surface area contributed by atoms with Crippen LogP contribution in [0.2, 0.25) is 0 Å². The lowest BCUT2D eigenvalue weighted by atomic mass is 10.0. The normalized spacial score (nSPS) is 14.3. The summed E-state index contributed by atoms with van der Waals surface area (Å²) in [5.41, 5.74) is 2.22. The molecule has 0 aliphatic rings. The average molecular weight is 260 g/mol. The van der Waals surface area contributed by atoms with Gasteiger partial charge in [-0.3, -0.25) is 0 Å². The van der Waals surface area contributed by atoms with Gasteiger partial charge in [0.2, 0.25) is 11.7 Å². The number of aromatic nitrogens is 2. The SMILES string of the molecule is CCc1ccc(-c2noc(C(CC)C(C)O)n2)cc1. The van der Waals surface area contributed by atoms with Crippen LogP contribution in [0, 0.1) is 0 Å². The van der Waals surface area contributed by atoms with Gasteiger partial charge in [-0.05, 0) is 25.3 Å². The largest absolute Gasteiger partial charge is 0.393 e. The summed E-state index contributed by atoms with van der Waals surface area (Å²) < 4.78 is 5.27. The van der Waals surface area contributed by atoms with Crippen LogP contribution in [0.3, 0.4) is 0 Å². The lowest BCUT2D eigenvalue weighted by molar-refractivity contribution is 0.141. The highest BCUT2D eigenvalue weighted by Gasteiger charge is 2.22. The zero-order valence-corrected chi connectivity index (χ0v) is 11.6. The van der Waals surface area contributed by atoms with Gasteiger partial charge in [0.25, 0.3) is 0 Å². The van der Waals surface area contributed by atoms with Gasteiger partial charge in [-0.15, -0.1) is 0 Å². The number of rotatable bonds is 5. The molecule has 2 atom stereocenters. The van der Waals surface area contributed by atoms with Crippen LogP contribution in [0.4, 0.5) is 0 Å². The maximum absolute atomic E-state index is 9.69. The predicted molar refractivity (Wildman–Crippen MR) is 73.8 cm³/mol. The standard InChI is InChI=1S/C15H20N2O2/c1-4-11-6-8-12(9-7-11)14-16-15(19-17-14)13(5-2)10(3)18/h6-10,13,18H,4-5H2,1-3H3. The molecule has 0 radical (unpaired) electrons. The number of nitrogens with zero attached hydrogens (tertiary/aromatic N) is 2. The molecule has 0 saturated heterocycles. The van der Waals surface area contributed by atoms with Crippen molar-refractivity contribution in [2.24, 2.45) is 0 Å². The van der Waals surface area contributed by atoms with Crippen molar-refractivity contribution in [1.29, 1.82) is 0 Å². The van der Waals surface area contributed by atoms with Crippen molar-refractivity contribution in [3.63, 3.8) is 0 Å². The third-order valence-electron chi connectivity index (χ3n) is 3.40. The molecule has 0 aliphatic heterocycles. The topological polar surface area (TPSA) is 59.2 Å². The van der Waals surface area contributed by atoms with Crippen molar-refractivity contribution in [3.05, 3.63) is 35.7 Å². The van der Waals surface area contributed by atoms with E-state index in [1.165, 1.54) is 5.56 Å². The van der Waals surface area contributed by atoms with E-state index in [1.54, 1.807) is 6.92 Å². The molecule has 4 nitrogen and oxygen atoms in total.